The molecule has 0 saturated heterocycles. The summed E-state index contributed by atoms with van der Waals surface area (Å²) >= 11 is 1.04. The van der Waals surface area contributed by atoms with Gasteiger partial charge in [0, 0.05) is 6.42 Å². The lowest BCUT2D eigenvalue weighted by Crippen LogP contribution is -2.23. The van der Waals surface area contributed by atoms with Crippen molar-refractivity contribution < 1.29 is 27.1 Å². The Kier molecular flexibility index (Phi) is 7.34. The Morgan fingerprint density at radius 3 is 2.61 bits per heavy atom. The number of hydrogen-bond donors (Lipinski definition) is 0. The highest BCUT2D eigenvalue weighted by atomic mass is 32.2. The molecule has 2 aromatic carbocycles. The molecular formula is C21H21FN2O5S2. The lowest BCUT2D eigenvalue weighted by atomic mass is 10.2. The number of halogens is 1. The Balaban J connectivity index is 1.82. The second kappa shape index (κ2) is 9.97. The van der Waals surface area contributed by atoms with Crippen LogP contribution in [0.3, 0.4) is 0 Å². The van der Waals surface area contributed by atoms with Gasteiger partial charge in [-0.15, -0.1) is 0 Å². The minimum absolute atomic E-state index is 0.161. The van der Waals surface area contributed by atoms with E-state index in [2.05, 4.69) is 4.99 Å². The van der Waals surface area contributed by atoms with Gasteiger partial charge in [-0.1, -0.05) is 41.7 Å². The van der Waals surface area contributed by atoms with E-state index in [0.717, 1.165) is 11.3 Å². The second-order valence-electron chi connectivity index (χ2n) is 6.72. The molecule has 0 aliphatic rings. The molecule has 31 heavy (non-hydrogen) atoms. The van der Waals surface area contributed by atoms with Gasteiger partial charge in [0.25, 0.3) is 0 Å². The standard InChI is InChI=1S/C21H21FN2O5S2/c1-2-29-20(26)13-24-17-9-8-16(22)12-18(17)30-21(24)23-19(25)10-11-31(27,28)14-15-6-4-3-5-7-15/h3-9,12H,2,10-11,13-14H2,1H3. The fourth-order valence-electron chi connectivity index (χ4n) is 2.93. The van der Waals surface area contributed by atoms with Gasteiger partial charge in [-0.05, 0) is 30.7 Å². The van der Waals surface area contributed by atoms with E-state index in [1.165, 1.54) is 22.8 Å². The number of nitrogens with zero attached hydrogens (tertiary/aromatic N) is 2. The highest BCUT2D eigenvalue weighted by Crippen LogP contribution is 2.19. The Morgan fingerprint density at radius 2 is 1.90 bits per heavy atom. The van der Waals surface area contributed by atoms with Crippen LogP contribution in [0.1, 0.15) is 18.9 Å². The van der Waals surface area contributed by atoms with Gasteiger partial charge in [0.2, 0.25) is 5.91 Å². The maximum Gasteiger partial charge on any atom is 0.326 e. The molecule has 0 spiro atoms. The number of benzene rings is 2. The third kappa shape index (κ3) is 6.31. The summed E-state index contributed by atoms with van der Waals surface area (Å²) in [6, 6.07) is 12.7. The third-order valence-corrected chi connectivity index (χ3v) is 6.95. The van der Waals surface area contributed by atoms with Crippen LogP contribution in [0.25, 0.3) is 10.2 Å². The van der Waals surface area contributed by atoms with Gasteiger partial charge in [0.05, 0.1) is 28.3 Å². The molecule has 0 saturated carbocycles. The number of fused-ring (bicyclic) bond motifs is 1. The van der Waals surface area contributed by atoms with Crippen molar-refractivity contribution in [2.24, 2.45) is 4.99 Å². The number of carbonyl (C=O) groups excluding carboxylic acids is 2. The molecule has 3 rings (SSSR count). The van der Waals surface area contributed by atoms with Gasteiger partial charge in [0.15, 0.2) is 14.6 Å². The molecule has 0 unspecified atom stereocenters. The van der Waals surface area contributed by atoms with Gasteiger partial charge in [-0.3, -0.25) is 9.59 Å². The highest BCUT2D eigenvalue weighted by Gasteiger charge is 2.16. The van der Waals surface area contributed by atoms with Crippen molar-refractivity contribution in [1.82, 2.24) is 4.57 Å². The number of carbonyl (C=O) groups is 2. The predicted molar refractivity (Wildman–Crippen MR) is 116 cm³/mol. The van der Waals surface area contributed by atoms with Crippen LogP contribution in [0.5, 0.6) is 0 Å². The quantitative estimate of drug-likeness (QED) is 0.478. The molecule has 164 valence electrons. The summed E-state index contributed by atoms with van der Waals surface area (Å²) in [4.78, 5) is 28.5. The van der Waals surface area contributed by atoms with Crippen LogP contribution in [0.2, 0.25) is 0 Å². The van der Waals surface area contributed by atoms with Gasteiger partial charge in [-0.2, -0.15) is 4.99 Å². The van der Waals surface area contributed by atoms with Gasteiger partial charge in [-0.25, -0.2) is 12.8 Å². The molecule has 0 bridgehead atoms. The summed E-state index contributed by atoms with van der Waals surface area (Å²) in [5, 5.41) is 0. The van der Waals surface area contributed by atoms with E-state index in [0.29, 0.717) is 15.8 Å². The maximum atomic E-state index is 13.6. The highest BCUT2D eigenvalue weighted by molar-refractivity contribution is 7.90. The summed E-state index contributed by atoms with van der Waals surface area (Å²) in [7, 11) is -3.50. The number of sulfone groups is 1. The summed E-state index contributed by atoms with van der Waals surface area (Å²) in [5.41, 5.74) is 1.17. The van der Waals surface area contributed by atoms with E-state index < -0.39 is 27.5 Å². The summed E-state index contributed by atoms with van der Waals surface area (Å²) in [6.45, 7) is 1.67. The van der Waals surface area contributed by atoms with Gasteiger partial charge < -0.3 is 9.30 Å². The lowest BCUT2D eigenvalue weighted by Gasteiger charge is -2.05. The number of esters is 1. The van der Waals surface area contributed by atoms with Crippen LogP contribution >= 0.6 is 11.3 Å². The fourth-order valence-corrected chi connectivity index (χ4v) is 5.33. The molecule has 0 N–H and O–H groups in total. The third-order valence-electron chi connectivity index (χ3n) is 4.31. The van der Waals surface area contributed by atoms with Crippen LogP contribution in [0.15, 0.2) is 53.5 Å². The van der Waals surface area contributed by atoms with Crippen LogP contribution in [0, 0.1) is 5.82 Å². The average molecular weight is 465 g/mol. The Labute approximate surface area is 182 Å². The molecule has 0 fully saturated rings. The van der Waals surface area contributed by atoms with Crippen molar-refractivity contribution in [3.8, 4) is 0 Å². The Bertz CT molecular complexity index is 1260. The minimum atomic E-state index is -3.50. The van der Waals surface area contributed by atoms with E-state index in [1.807, 2.05) is 0 Å². The molecule has 0 aliphatic heterocycles. The molecule has 3 aromatic rings. The zero-order valence-corrected chi connectivity index (χ0v) is 18.4. The monoisotopic (exact) mass is 464 g/mol. The molecule has 7 nitrogen and oxygen atoms in total. The summed E-state index contributed by atoms with van der Waals surface area (Å²) in [6.07, 6.45) is -0.294. The van der Waals surface area contributed by atoms with Crippen LogP contribution < -0.4 is 4.80 Å². The molecule has 0 aliphatic carbocycles. The zero-order valence-electron chi connectivity index (χ0n) is 16.8. The molecule has 1 amide bonds. The van der Waals surface area contributed by atoms with E-state index in [9.17, 15) is 22.4 Å². The number of rotatable bonds is 8. The Hall–Kier alpha value is -2.85. The van der Waals surface area contributed by atoms with Crippen LogP contribution in [-0.4, -0.2) is 37.2 Å². The molecule has 10 heteroatoms. The van der Waals surface area contributed by atoms with Crippen molar-refractivity contribution in [3.63, 3.8) is 0 Å². The molecule has 0 radical (unpaired) electrons. The number of ether oxygens (including phenoxy) is 1. The average Bonchev–Trinajstić information content (AvgIpc) is 3.03. The topological polar surface area (TPSA) is 94.8 Å². The fraction of sp³-hybridized carbons (Fsp3) is 0.286. The maximum absolute atomic E-state index is 13.6. The second-order valence-corrected chi connectivity index (χ2v) is 9.91. The molecule has 0 atom stereocenters. The summed E-state index contributed by atoms with van der Waals surface area (Å²) in [5.74, 6) is -2.12. The van der Waals surface area contributed by atoms with Crippen molar-refractivity contribution >= 4 is 43.3 Å². The molecule has 1 aromatic heterocycles. The molecular weight excluding hydrogens is 443 g/mol. The predicted octanol–water partition coefficient (Wildman–Crippen LogP) is 2.84. The smallest absolute Gasteiger partial charge is 0.326 e. The summed E-state index contributed by atoms with van der Waals surface area (Å²) < 4.78 is 45.2. The lowest BCUT2D eigenvalue weighted by molar-refractivity contribution is -0.143. The zero-order chi connectivity index (χ0) is 22.4. The van der Waals surface area contributed by atoms with Crippen molar-refractivity contribution in [2.45, 2.75) is 25.6 Å². The number of thiazole rings is 1. The largest absolute Gasteiger partial charge is 0.465 e. The van der Waals surface area contributed by atoms with Gasteiger partial charge >= 0.3 is 5.97 Å². The van der Waals surface area contributed by atoms with Crippen LogP contribution in [0.4, 0.5) is 4.39 Å². The van der Waals surface area contributed by atoms with Crippen molar-refractivity contribution in [1.29, 1.82) is 0 Å². The first kappa shape index (κ1) is 22.8. The Morgan fingerprint density at radius 1 is 1.16 bits per heavy atom. The van der Waals surface area contributed by atoms with Gasteiger partial charge in [0.1, 0.15) is 12.4 Å². The van der Waals surface area contributed by atoms with Crippen molar-refractivity contribution in [2.75, 3.05) is 12.4 Å². The first-order valence-electron chi connectivity index (χ1n) is 9.54. The number of hydrogen-bond acceptors (Lipinski definition) is 6. The van der Waals surface area contributed by atoms with E-state index >= 15 is 0 Å². The van der Waals surface area contributed by atoms with Crippen molar-refractivity contribution in [3.05, 3.63) is 64.7 Å². The van der Waals surface area contributed by atoms with E-state index in [1.54, 1.807) is 37.3 Å². The SMILES string of the molecule is CCOC(=O)Cn1c(=NC(=O)CCS(=O)(=O)Cc2ccccc2)sc2cc(F)ccc21. The number of amides is 1. The number of aromatic nitrogens is 1. The van der Waals surface area contributed by atoms with E-state index in [-0.39, 0.29) is 35.9 Å². The van der Waals surface area contributed by atoms with Crippen LogP contribution in [-0.2, 0) is 36.5 Å². The normalized spacial score (nSPS) is 12.3. The first-order chi connectivity index (χ1) is 14.8. The first-order valence-corrected chi connectivity index (χ1v) is 12.2. The minimum Gasteiger partial charge on any atom is -0.465 e. The molecule has 1 heterocycles. The van der Waals surface area contributed by atoms with E-state index in [4.69, 9.17) is 4.74 Å².